The van der Waals surface area contributed by atoms with Crippen molar-refractivity contribution in [1.29, 1.82) is 0 Å². The summed E-state index contributed by atoms with van der Waals surface area (Å²) in [6.45, 7) is 0. The Balaban J connectivity index is 2.05. The summed E-state index contributed by atoms with van der Waals surface area (Å²) in [7, 11) is 0. The van der Waals surface area contributed by atoms with Crippen molar-refractivity contribution in [2.45, 2.75) is 18.9 Å². The number of aromatic nitrogens is 2. The maximum atomic E-state index is 5.97. The summed E-state index contributed by atoms with van der Waals surface area (Å²) >= 11 is 7.92. The van der Waals surface area contributed by atoms with Gasteiger partial charge in [-0.25, -0.2) is 4.98 Å². The number of hydrogen-bond acceptors (Lipinski definition) is 5. The van der Waals surface area contributed by atoms with Crippen LogP contribution in [0.2, 0.25) is 5.02 Å². The molecule has 1 saturated heterocycles. The van der Waals surface area contributed by atoms with Gasteiger partial charge in [-0.3, -0.25) is 0 Å². The number of hydrogen-bond donors (Lipinski definition) is 2. The number of halogens is 1. The van der Waals surface area contributed by atoms with Gasteiger partial charge in [0.1, 0.15) is 5.02 Å². The van der Waals surface area contributed by atoms with Crippen LogP contribution in [0.5, 0.6) is 0 Å². The second-order valence-electron chi connectivity index (χ2n) is 3.48. The van der Waals surface area contributed by atoms with Crippen molar-refractivity contribution < 1.29 is 0 Å². The molecule has 82 valence electrons. The largest absolute Gasteiger partial charge is 0.368 e. The van der Waals surface area contributed by atoms with Gasteiger partial charge in [0, 0.05) is 11.8 Å². The molecule has 4 nitrogen and oxygen atoms in total. The van der Waals surface area contributed by atoms with Crippen LogP contribution in [0.3, 0.4) is 0 Å². The summed E-state index contributed by atoms with van der Waals surface area (Å²) in [5.74, 6) is 3.25. The maximum absolute atomic E-state index is 5.97. The molecule has 6 heteroatoms. The molecular weight excluding hydrogens is 232 g/mol. The normalized spacial score (nSPS) is 21.3. The number of nitrogens with zero attached hydrogens (tertiary/aromatic N) is 2. The van der Waals surface area contributed by atoms with Crippen molar-refractivity contribution >= 4 is 35.1 Å². The Morgan fingerprint density at radius 3 is 3.20 bits per heavy atom. The third-order valence-corrected chi connectivity index (χ3v) is 3.76. The van der Waals surface area contributed by atoms with Crippen LogP contribution >= 0.6 is 23.4 Å². The molecule has 1 unspecified atom stereocenters. The predicted octanol–water partition coefficient (Wildman–Crippen LogP) is 2.02. The average Bonchev–Trinajstić information content (AvgIpc) is 2.25. The fraction of sp³-hybridized carbons (Fsp3) is 0.556. The van der Waals surface area contributed by atoms with Crippen molar-refractivity contribution in [3.05, 3.63) is 11.2 Å². The van der Waals surface area contributed by atoms with E-state index < -0.39 is 0 Å². The van der Waals surface area contributed by atoms with Crippen LogP contribution in [0.15, 0.2) is 6.20 Å². The summed E-state index contributed by atoms with van der Waals surface area (Å²) in [6, 6.07) is 0.440. The van der Waals surface area contributed by atoms with Crippen molar-refractivity contribution in [1.82, 2.24) is 9.97 Å². The lowest BCUT2D eigenvalue weighted by molar-refractivity contribution is 0.682. The fourth-order valence-corrected chi connectivity index (χ4v) is 2.75. The predicted molar refractivity (Wildman–Crippen MR) is 65.4 cm³/mol. The molecule has 1 aliphatic heterocycles. The SMILES string of the molecule is Nc1ncc(Cl)c(NC2CCCSC2)n1. The average molecular weight is 245 g/mol. The molecule has 2 rings (SSSR count). The molecular formula is C9H13ClN4S. The van der Waals surface area contributed by atoms with Crippen LogP contribution in [-0.4, -0.2) is 27.5 Å². The zero-order valence-corrected chi connectivity index (χ0v) is 9.81. The Labute approximate surface area is 98.0 Å². The van der Waals surface area contributed by atoms with Crippen LogP contribution in [0.25, 0.3) is 0 Å². The van der Waals surface area contributed by atoms with Crippen molar-refractivity contribution in [2.75, 3.05) is 22.6 Å². The van der Waals surface area contributed by atoms with E-state index in [2.05, 4.69) is 15.3 Å². The highest BCUT2D eigenvalue weighted by atomic mass is 35.5. The molecule has 0 spiro atoms. The van der Waals surface area contributed by atoms with E-state index in [1.807, 2.05) is 11.8 Å². The smallest absolute Gasteiger partial charge is 0.222 e. The van der Waals surface area contributed by atoms with E-state index in [1.165, 1.54) is 18.4 Å². The molecule has 1 aromatic heterocycles. The van der Waals surface area contributed by atoms with Gasteiger partial charge in [-0.1, -0.05) is 11.6 Å². The van der Waals surface area contributed by atoms with Gasteiger partial charge >= 0.3 is 0 Å². The maximum Gasteiger partial charge on any atom is 0.222 e. The third-order valence-electron chi connectivity index (χ3n) is 2.26. The molecule has 0 amide bonds. The van der Waals surface area contributed by atoms with Gasteiger partial charge < -0.3 is 11.1 Å². The molecule has 15 heavy (non-hydrogen) atoms. The number of thioether (sulfide) groups is 1. The van der Waals surface area contributed by atoms with E-state index in [4.69, 9.17) is 17.3 Å². The molecule has 1 atom stereocenters. The van der Waals surface area contributed by atoms with E-state index in [1.54, 1.807) is 0 Å². The van der Waals surface area contributed by atoms with E-state index in [0.29, 0.717) is 16.9 Å². The highest BCUT2D eigenvalue weighted by molar-refractivity contribution is 7.99. The summed E-state index contributed by atoms with van der Waals surface area (Å²) < 4.78 is 0. The monoisotopic (exact) mass is 244 g/mol. The topological polar surface area (TPSA) is 63.8 Å². The first-order valence-electron chi connectivity index (χ1n) is 4.88. The fourth-order valence-electron chi connectivity index (χ4n) is 1.53. The van der Waals surface area contributed by atoms with Crippen molar-refractivity contribution in [2.24, 2.45) is 0 Å². The van der Waals surface area contributed by atoms with E-state index in [-0.39, 0.29) is 5.95 Å². The van der Waals surface area contributed by atoms with Gasteiger partial charge in [-0.05, 0) is 18.6 Å². The molecule has 1 fully saturated rings. The van der Waals surface area contributed by atoms with Gasteiger partial charge in [0.05, 0.1) is 6.20 Å². The summed E-state index contributed by atoms with van der Waals surface area (Å²) in [6.07, 6.45) is 3.93. The van der Waals surface area contributed by atoms with E-state index in [9.17, 15) is 0 Å². The highest BCUT2D eigenvalue weighted by Gasteiger charge is 2.15. The standard InChI is InChI=1S/C9H13ClN4S/c10-7-4-12-9(11)14-8(7)13-6-2-1-3-15-5-6/h4,6H,1-3,5H2,(H3,11,12,13,14). The van der Waals surface area contributed by atoms with E-state index in [0.717, 1.165) is 12.2 Å². The quantitative estimate of drug-likeness (QED) is 0.834. The Hall–Kier alpha value is -0.680. The molecule has 2 heterocycles. The molecule has 1 aliphatic rings. The molecule has 1 aromatic rings. The lowest BCUT2D eigenvalue weighted by Gasteiger charge is -2.23. The van der Waals surface area contributed by atoms with Crippen LogP contribution in [0.1, 0.15) is 12.8 Å². The zero-order valence-electron chi connectivity index (χ0n) is 8.24. The van der Waals surface area contributed by atoms with Crippen molar-refractivity contribution in [3.63, 3.8) is 0 Å². The first-order valence-corrected chi connectivity index (χ1v) is 6.41. The molecule has 3 N–H and O–H groups in total. The first kappa shape index (κ1) is 10.8. The van der Waals surface area contributed by atoms with Crippen LogP contribution in [0.4, 0.5) is 11.8 Å². The Bertz CT molecular complexity index is 341. The minimum atomic E-state index is 0.255. The Morgan fingerprint density at radius 1 is 1.60 bits per heavy atom. The molecule has 0 aromatic carbocycles. The van der Waals surface area contributed by atoms with Gasteiger partial charge in [0.15, 0.2) is 5.82 Å². The minimum Gasteiger partial charge on any atom is -0.368 e. The zero-order chi connectivity index (χ0) is 10.7. The van der Waals surface area contributed by atoms with Gasteiger partial charge in [-0.15, -0.1) is 0 Å². The number of nitrogens with one attached hydrogen (secondary N) is 1. The van der Waals surface area contributed by atoms with Gasteiger partial charge in [-0.2, -0.15) is 16.7 Å². The minimum absolute atomic E-state index is 0.255. The third kappa shape index (κ3) is 2.89. The number of nitrogen functional groups attached to an aromatic ring is 1. The van der Waals surface area contributed by atoms with Crippen LogP contribution in [0, 0.1) is 0 Å². The second-order valence-corrected chi connectivity index (χ2v) is 5.04. The lowest BCUT2D eigenvalue weighted by atomic mass is 10.2. The number of anilines is 2. The Kier molecular flexibility index (Phi) is 3.53. The second kappa shape index (κ2) is 4.90. The number of rotatable bonds is 2. The summed E-state index contributed by atoms with van der Waals surface area (Å²) in [5.41, 5.74) is 5.51. The number of nitrogens with two attached hydrogens (primary N) is 1. The summed E-state index contributed by atoms with van der Waals surface area (Å²) in [5, 5.41) is 3.83. The summed E-state index contributed by atoms with van der Waals surface area (Å²) in [4.78, 5) is 7.90. The Morgan fingerprint density at radius 2 is 2.47 bits per heavy atom. The van der Waals surface area contributed by atoms with E-state index >= 15 is 0 Å². The van der Waals surface area contributed by atoms with Crippen LogP contribution in [-0.2, 0) is 0 Å². The highest BCUT2D eigenvalue weighted by Crippen LogP contribution is 2.24. The first-order chi connectivity index (χ1) is 7.25. The molecule has 0 aliphatic carbocycles. The van der Waals surface area contributed by atoms with Crippen LogP contribution < -0.4 is 11.1 Å². The molecule has 0 radical (unpaired) electrons. The van der Waals surface area contributed by atoms with Crippen molar-refractivity contribution in [3.8, 4) is 0 Å². The molecule has 0 saturated carbocycles. The molecule has 0 bridgehead atoms. The van der Waals surface area contributed by atoms with Gasteiger partial charge in [0.25, 0.3) is 0 Å². The lowest BCUT2D eigenvalue weighted by Crippen LogP contribution is -2.26. The van der Waals surface area contributed by atoms with Gasteiger partial charge in [0.2, 0.25) is 5.95 Å².